The Balaban J connectivity index is 1.61. The van der Waals surface area contributed by atoms with Crippen LogP contribution in [0.15, 0.2) is 0 Å². The summed E-state index contributed by atoms with van der Waals surface area (Å²) in [5.74, 6) is 0.432. The third kappa shape index (κ3) is 4.23. The SMILES string of the molecule is [CH2]C(O)C1CCN(CCN2CCCCC2)CC1. The standard InChI is InChI=1S/C14H27N2O/c1-13(17)14-5-9-16(10-6-14)12-11-15-7-3-2-4-8-15/h13-14,17H,1-12H2. The summed E-state index contributed by atoms with van der Waals surface area (Å²) in [5.41, 5.74) is 0. The van der Waals surface area contributed by atoms with Crippen molar-refractivity contribution in [3.05, 3.63) is 6.92 Å². The van der Waals surface area contributed by atoms with Crippen molar-refractivity contribution in [2.75, 3.05) is 39.3 Å². The van der Waals surface area contributed by atoms with Gasteiger partial charge >= 0.3 is 0 Å². The Morgan fingerprint density at radius 1 is 0.941 bits per heavy atom. The van der Waals surface area contributed by atoms with Crippen molar-refractivity contribution >= 4 is 0 Å². The summed E-state index contributed by atoms with van der Waals surface area (Å²) in [6.07, 6.45) is 6.06. The van der Waals surface area contributed by atoms with Crippen LogP contribution in [0, 0.1) is 12.8 Å². The number of piperidine rings is 2. The normalized spacial score (nSPS) is 27.2. The molecule has 2 heterocycles. The van der Waals surface area contributed by atoms with Gasteiger partial charge in [0, 0.05) is 13.1 Å². The van der Waals surface area contributed by atoms with E-state index in [1.54, 1.807) is 0 Å². The third-order valence-corrected chi connectivity index (χ3v) is 4.36. The van der Waals surface area contributed by atoms with Gasteiger partial charge in [0.1, 0.15) is 0 Å². The first kappa shape index (κ1) is 13.3. The zero-order valence-electron chi connectivity index (χ0n) is 11.0. The Kier molecular flexibility index (Phi) is 5.26. The molecule has 1 unspecified atom stereocenters. The van der Waals surface area contributed by atoms with Crippen LogP contribution in [0.5, 0.6) is 0 Å². The fourth-order valence-electron chi connectivity index (χ4n) is 3.03. The molecule has 2 aliphatic rings. The van der Waals surface area contributed by atoms with E-state index in [1.165, 1.54) is 45.4 Å². The van der Waals surface area contributed by atoms with Crippen molar-refractivity contribution in [3.8, 4) is 0 Å². The van der Waals surface area contributed by atoms with E-state index in [9.17, 15) is 5.11 Å². The molecule has 2 rings (SSSR count). The van der Waals surface area contributed by atoms with E-state index in [4.69, 9.17) is 0 Å². The Morgan fingerprint density at radius 2 is 1.47 bits per heavy atom. The van der Waals surface area contributed by atoms with Crippen molar-refractivity contribution in [2.24, 2.45) is 5.92 Å². The van der Waals surface area contributed by atoms with Crippen molar-refractivity contribution < 1.29 is 5.11 Å². The minimum atomic E-state index is -0.362. The second kappa shape index (κ2) is 6.72. The van der Waals surface area contributed by atoms with Crippen molar-refractivity contribution in [1.82, 2.24) is 9.80 Å². The van der Waals surface area contributed by atoms with Crippen LogP contribution in [-0.2, 0) is 0 Å². The molecular formula is C14H27N2O. The van der Waals surface area contributed by atoms with Gasteiger partial charge in [-0.25, -0.2) is 0 Å². The number of aliphatic hydroxyl groups is 1. The molecule has 1 atom stereocenters. The average Bonchev–Trinajstić information content (AvgIpc) is 2.38. The largest absolute Gasteiger partial charge is 0.393 e. The summed E-state index contributed by atoms with van der Waals surface area (Å²) in [6.45, 7) is 11.1. The smallest absolute Gasteiger partial charge is 0.0570 e. The topological polar surface area (TPSA) is 26.7 Å². The maximum absolute atomic E-state index is 9.46. The number of hydrogen-bond acceptors (Lipinski definition) is 3. The molecule has 0 amide bonds. The molecule has 1 N–H and O–H groups in total. The lowest BCUT2D eigenvalue weighted by molar-refractivity contribution is 0.0810. The zero-order valence-corrected chi connectivity index (χ0v) is 11.0. The van der Waals surface area contributed by atoms with E-state index in [0.29, 0.717) is 5.92 Å². The van der Waals surface area contributed by atoms with Crippen LogP contribution in [0.2, 0.25) is 0 Å². The van der Waals surface area contributed by atoms with Gasteiger partial charge in [-0.3, -0.25) is 0 Å². The highest BCUT2D eigenvalue weighted by Crippen LogP contribution is 2.20. The predicted octanol–water partition coefficient (Wildman–Crippen LogP) is 1.38. The van der Waals surface area contributed by atoms with Crippen LogP contribution in [0.3, 0.4) is 0 Å². The molecule has 2 aliphatic heterocycles. The Hall–Kier alpha value is -0.120. The Labute approximate surface area is 106 Å². The second-order valence-corrected chi connectivity index (χ2v) is 5.65. The number of hydrogen-bond donors (Lipinski definition) is 1. The second-order valence-electron chi connectivity index (χ2n) is 5.65. The molecule has 0 aliphatic carbocycles. The lowest BCUT2D eigenvalue weighted by atomic mass is 9.92. The Bertz CT molecular complexity index is 206. The first-order valence-electron chi connectivity index (χ1n) is 7.21. The molecule has 0 aromatic heterocycles. The molecule has 2 fully saturated rings. The van der Waals surface area contributed by atoms with Gasteiger partial charge < -0.3 is 14.9 Å². The zero-order chi connectivity index (χ0) is 12.1. The summed E-state index contributed by atoms with van der Waals surface area (Å²) in [4.78, 5) is 5.15. The third-order valence-electron chi connectivity index (χ3n) is 4.36. The fourth-order valence-corrected chi connectivity index (χ4v) is 3.03. The van der Waals surface area contributed by atoms with Crippen molar-refractivity contribution in [1.29, 1.82) is 0 Å². The first-order chi connectivity index (χ1) is 8.25. The number of nitrogens with zero attached hydrogens (tertiary/aromatic N) is 2. The van der Waals surface area contributed by atoms with Crippen molar-refractivity contribution in [2.45, 2.75) is 38.2 Å². The molecule has 17 heavy (non-hydrogen) atoms. The van der Waals surface area contributed by atoms with Gasteiger partial charge in [-0.05, 0) is 64.7 Å². The monoisotopic (exact) mass is 239 g/mol. The van der Waals surface area contributed by atoms with Crippen LogP contribution < -0.4 is 0 Å². The van der Waals surface area contributed by atoms with E-state index in [0.717, 1.165) is 25.9 Å². The van der Waals surface area contributed by atoms with E-state index < -0.39 is 0 Å². The van der Waals surface area contributed by atoms with Gasteiger partial charge in [0.05, 0.1) is 6.10 Å². The van der Waals surface area contributed by atoms with E-state index in [2.05, 4.69) is 16.7 Å². The first-order valence-corrected chi connectivity index (χ1v) is 7.21. The highest BCUT2D eigenvalue weighted by atomic mass is 16.3. The molecule has 0 aromatic rings. The van der Waals surface area contributed by atoms with Gasteiger partial charge in [-0.1, -0.05) is 6.42 Å². The molecule has 0 aromatic carbocycles. The Morgan fingerprint density at radius 3 is 2.00 bits per heavy atom. The number of aliphatic hydroxyl groups excluding tert-OH is 1. The molecule has 0 bridgehead atoms. The number of rotatable bonds is 4. The van der Waals surface area contributed by atoms with Crippen molar-refractivity contribution in [3.63, 3.8) is 0 Å². The molecule has 1 radical (unpaired) electrons. The summed E-state index contributed by atoms with van der Waals surface area (Å²) >= 11 is 0. The average molecular weight is 239 g/mol. The molecule has 0 spiro atoms. The summed E-state index contributed by atoms with van der Waals surface area (Å²) < 4.78 is 0. The summed E-state index contributed by atoms with van der Waals surface area (Å²) in [7, 11) is 0. The maximum atomic E-state index is 9.46. The molecule has 99 valence electrons. The lowest BCUT2D eigenvalue weighted by Gasteiger charge is -2.35. The highest BCUT2D eigenvalue weighted by molar-refractivity contribution is 4.79. The van der Waals surface area contributed by atoms with Gasteiger partial charge in [-0.15, -0.1) is 0 Å². The lowest BCUT2D eigenvalue weighted by Crippen LogP contribution is -2.42. The quantitative estimate of drug-likeness (QED) is 0.803. The van der Waals surface area contributed by atoms with E-state index >= 15 is 0 Å². The maximum Gasteiger partial charge on any atom is 0.0570 e. The molecule has 2 saturated heterocycles. The minimum absolute atomic E-state index is 0.362. The van der Waals surface area contributed by atoms with Gasteiger partial charge in [0.25, 0.3) is 0 Å². The van der Waals surface area contributed by atoms with Gasteiger partial charge in [0.15, 0.2) is 0 Å². The van der Waals surface area contributed by atoms with Crippen LogP contribution in [0.25, 0.3) is 0 Å². The predicted molar refractivity (Wildman–Crippen MR) is 70.8 cm³/mol. The molecule has 0 saturated carbocycles. The van der Waals surface area contributed by atoms with Crippen LogP contribution in [-0.4, -0.2) is 60.3 Å². The summed E-state index contributed by atoms with van der Waals surface area (Å²) in [6, 6.07) is 0. The van der Waals surface area contributed by atoms with Crippen LogP contribution >= 0.6 is 0 Å². The minimum Gasteiger partial charge on any atom is -0.393 e. The summed E-state index contributed by atoms with van der Waals surface area (Å²) in [5, 5.41) is 9.46. The van der Waals surface area contributed by atoms with E-state index in [-0.39, 0.29) is 6.10 Å². The van der Waals surface area contributed by atoms with Crippen LogP contribution in [0.4, 0.5) is 0 Å². The molecule has 3 nitrogen and oxygen atoms in total. The van der Waals surface area contributed by atoms with Crippen LogP contribution in [0.1, 0.15) is 32.1 Å². The highest BCUT2D eigenvalue weighted by Gasteiger charge is 2.22. The molecular weight excluding hydrogens is 212 g/mol. The fraction of sp³-hybridized carbons (Fsp3) is 0.929. The van der Waals surface area contributed by atoms with Gasteiger partial charge in [-0.2, -0.15) is 0 Å². The number of likely N-dealkylation sites (tertiary alicyclic amines) is 2. The van der Waals surface area contributed by atoms with E-state index in [1.807, 2.05) is 0 Å². The molecule has 3 heteroatoms. The van der Waals surface area contributed by atoms with Gasteiger partial charge in [0.2, 0.25) is 0 Å².